The minimum absolute atomic E-state index is 0.139. The molecule has 6 nitrogen and oxygen atoms in total. The first-order valence-electron chi connectivity index (χ1n) is 7.62. The maximum atomic E-state index is 12.0. The highest BCUT2D eigenvalue weighted by molar-refractivity contribution is 7.10. The van der Waals surface area contributed by atoms with Gasteiger partial charge in [-0.05, 0) is 19.1 Å². The van der Waals surface area contributed by atoms with Gasteiger partial charge in [0.1, 0.15) is 0 Å². The van der Waals surface area contributed by atoms with Gasteiger partial charge >= 0.3 is 0 Å². The molecule has 3 rings (SSSR count). The van der Waals surface area contributed by atoms with Crippen LogP contribution in [0, 0.1) is 6.92 Å². The highest BCUT2D eigenvalue weighted by atomic mass is 32.1. The summed E-state index contributed by atoms with van der Waals surface area (Å²) in [4.78, 5) is 16.4. The van der Waals surface area contributed by atoms with Crippen molar-refractivity contribution in [1.29, 1.82) is 0 Å². The first-order chi connectivity index (χ1) is 12.2. The molecule has 7 heteroatoms. The van der Waals surface area contributed by atoms with E-state index in [2.05, 4.69) is 14.7 Å². The standard InChI is InChI=1S/C18H17N3O3S/c1-12-7-9-13(10-8-12)17-20-18(25-21-17)19-16(22)11-24-15-6-4-3-5-14(15)23-2/h3-10H,11H2,1-2H3,(H,19,20,21,22). The average Bonchev–Trinajstić information content (AvgIpc) is 3.09. The number of para-hydroxylation sites is 2. The number of carbonyl (C=O) groups excluding carboxylic acids is 1. The molecule has 0 spiro atoms. The molecule has 0 aliphatic heterocycles. The Morgan fingerprint density at radius 3 is 2.56 bits per heavy atom. The Kier molecular flexibility index (Phi) is 5.25. The van der Waals surface area contributed by atoms with Crippen LogP contribution < -0.4 is 14.8 Å². The minimum atomic E-state index is -0.308. The number of methoxy groups -OCH3 is 1. The van der Waals surface area contributed by atoms with Gasteiger partial charge in [-0.3, -0.25) is 10.1 Å². The van der Waals surface area contributed by atoms with Gasteiger partial charge in [0.2, 0.25) is 5.13 Å². The lowest BCUT2D eigenvalue weighted by molar-refractivity contribution is -0.118. The number of benzene rings is 2. The Morgan fingerprint density at radius 2 is 1.84 bits per heavy atom. The molecule has 3 aromatic rings. The number of nitrogens with one attached hydrogen (secondary N) is 1. The number of amides is 1. The van der Waals surface area contributed by atoms with Crippen LogP contribution in [0.5, 0.6) is 11.5 Å². The van der Waals surface area contributed by atoms with Crippen molar-refractivity contribution >= 4 is 22.6 Å². The zero-order valence-corrected chi connectivity index (χ0v) is 14.7. The summed E-state index contributed by atoms with van der Waals surface area (Å²) >= 11 is 1.13. The van der Waals surface area contributed by atoms with Crippen molar-refractivity contribution in [3.63, 3.8) is 0 Å². The van der Waals surface area contributed by atoms with Gasteiger partial charge in [0.15, 0.2) is 23.9 Å². The topological polar surface area (TPSA) is 73.3 Å². The molecular weight excluding hydrogens is 338 g/mol. The fraction of sp³-hybridized carbons (Fsp3) is 0.167. The molecule has 1 aromatic heterocycles. The highest BCUT2D eigenvalue weighted by Gasteiger charge is 2.11. The Morgan fingerprint density at radius 1 is 1.12 bits per heavy atom. The van der Waals surface area contributed by atoms with Crippen LogP contribution in [0.2, 0.25) is 0 Å². The van der Waals surface area contributed by atoms with Crippen molar-refractivity contribution in [2.75, 3.05) is 19.0 Å². The van der Waals surface area contributed by atoms with Crippen molar-refractivity contribution in [3.8, 4) is 22.9 Å². The number of hydrogen-bond acceptors (Lipinski definition) is 6. The second-order valence-electron chi connectivity index (χ2n) is 5.28. The zero-order valence-electron chi connectivity index (χ0n) is 13.9. The van der Waals surface area contributed by atoms with Crippen LogP contribution in [0.15, 0.2) is 48.5 Å². The third kappa shape index (κ3) is 4.33. The highest BCUT2D eigenvalue weighted by Crippen LogP contribution is 2.26. The van der Waals surface area contributed by atoms with E-state index in [-0.39, 0.29) is 12.5 Å². The van der Waals surface area contributed by atoms with E-state index in [9.17, 15) is 4.79 Å². The van der Waals surface area contributed by atoms with Crippen molar-refractivity contribution < 1.29 is 14.3 Å². The van der Waals surface area contributed by atoms with Gasteiger partial charge < -0.3 is 9.47 Å². The number of aryl methyl sites for hydroxylation is 1. The van der Waals surface area contributed by atoms with Gasteiger partial charge in [0.05, 0.1) is 7.11 Å². The number of ether oxygens (including phenoxy) is 2. The number of hydrogen-bond donors (Lipinski definition) is 1. The summed E-state index contributed by atoms with van der Waals surface area (Å²) in [6.45, 7) is 1.88. The van der Waals surface area contributed by atoms with Crippen molar-refractivity contribution in [1.82, 2.24) is 9.36 Å². The molecule has 0 saturated heterocycles. The van der Waals surface area contributed by atoms with E-state index >= 15 is 0 Å². The van der Waals surface area contributed by atoms with Crippen LogP contribution in [-0.2, 0) is 4.79 Å². The van der Waals surface area contributed by atoms with Crippen LogP contribution in [0.3, 0.4) is 0 Å². The average molecular weight is 355 g/mol. The molecule has 0 atom stereocenters. The molecule has 1 amide bonds. The second-order valence-corrected chi connectivity index (χ2v) is 6.03. The van der Waals surface area contributed by atoms with Gasteiger partial charge in [-0.1, -0.05) is 42.0 Å². The molecule has 0 bridgehead atoms. The Labute approximate surface area is 149 Å². The molecule has 0 fully saturated rings. The van der Waals surface area contributed by atoms with Gasteiger partial charge in [-0.15, -0.1) is 0 Å². The van der Waals surface area contributed by atoms with E-state index in [1.54, 1.807) is 19.2 Å². The van der Waals surface area contributed by atoms with Crippen LogP contribution >= 0.6 is 11.5 Å². The Hall–Kier alpha value is -2.93. The number of nitrogens with zero attached hydrogens (tertiary/aromatic N) is 2. The first-order valence-corrected chi connectivity index (χ1v) is 8.39. The lowest BCUT2D eigenvalue weighted by atomic mass is 10.1. The van der Waals surface area contributed by atoms with E-state index in [0.717, 1.165) is 17.1 Å². The summed E-state index contributed by atoms with van der Waals surface area (Å²) < 4.78 is 14.9. The van der Waals surface area contributed by atoms with Gasteiger partial charge in [-0.25, -0.2) is 0 Å². The number of rotatable bonds is 6. The Bertz CT molecular complexity index is 862. The smallest absolute Gasteiger partial charge is 0.264 e. The molecule has 25 heavy (non-hydrogen) atoms. The molecule has 0 radical (unpaired) electrons. The maximum absolute atomic E-state index is 12.0. The van der Waals surface area contributed by atoms with Gasteiger partial charge in [0.25, 0.3) is 5.91 Å². The van der Waals surface area contributed by atoms with Crippen molar-refractivity contribution in [3.05, 3.63) is 54.1 Å². The van der Waals surface area contributed by atoms with Crippen LogP contribution in [0.1, 0.15) is 5.56 Å². The summed E-state index contributed by atoms with van der Waals surface area (Å²) in [6.07, 6.45) is 0. The quantitative estimate of drug-likeness (QED) is 0.732. The largest absolute Gasteiger partial charge is 0.493 e. The molecule has 128 valence electrons. The second kappa shape index (κ2) is 7.76. The summed E-state index contributed by atoms with van der Waals surface area (Å²) in [5, 5.41) is 3.13. The lowest BCUT2D eigenvalue weighted by Crippen LogP contribution is -2.20. The van der Waals surface area contributed by atoms with Crippen LogP contribution in [-0.4, -0.2) is 29.0 Å². The van der Waals surface area contributed by atoms with E-state index < -0.39 is 0 Å². The molecule has 0 aliphatic rings. The van der Waals surface area contributed by atoms with E-state index in [1.807, 2.05) is 43.3 Å². The van der Waals surface area contributed by atoms with Crippen molar-refractivity contribution in [2.24, 2.45) is 0 Å². The summed E-state index contributed by atoms with van der Waals surface area (Å²) in [5.74, 6) is 1.37. The fourth-order valence-electron chi connectivity index (χ4n) is 2.13. The predicted molar refractivity (Wildman–Crippen MR) is 97.2 cm³/mol. The van der Waals surface area contributed by atoms with Crippen LogP contribution in [0.25, 0.3) is 11.4 Å². The predicted octanol–water partition coefficient (Wildman–Crippen LogP) is 3.54. The number of aromatic nitrogens is 2. The zero-order chi connectivity index (χ0) is 17.6. The molecule has 0 unspecified atom stereocenters. The van der Waals surface area contributed by atoms with Crippen LogP contribution in [0.4, 0.5) is 5.13 Å². The third-order valence-electron chi connectivity index (χ3n) is 3.41. The van der Waals surface area contributed by atoms with Gasteiger partial charge in [-0.2, -0.15) is 9.36 Å². The third-order valence-corrected chi connectivity index (χ3v) is 4.04. The SMILES string of the molecule is COc1ccccc1OCC(=O)Nc1nc(-c2ccc(C)cc2)ns1. The van der Waals surface area contributed by atoms with E-state index in [0.29, 0.717) is 22.5 Å². The molecule has 0 saturated carbocycles. The summed E-state index contributed by atoms with van der Waals surface area (Å²) in [6, 6.07) is 15.1. The van der Waals surface area contributed by atoms with E-state index in [1.165, 1.54) is 5.56 Å². The first kappa shape index (κ1) is 16.9. The fourth-order valence-corrected chi connectivity index (χ4v) is 2.74. The molecule has 0 aliphatic carbocycles. The van der Waals surface area contributed by atoms with Crippen molar-refractivity contribution in [2.45, 2.75) is 6.92 Å². The molecule has 2 aromatic carbocycles. The molecule has 1 N–H and O–H groups in total. The molecule has 1 heterocycles. The molecular formula is C18H17N3O3S. The summed E-state index contributed by atoms with van der Waals surface area (Å²) in [7, 11) is 1.55. The normalized spacial score (nSPS) is 10.3. The lowest BCUT2D eigenvalue weighted by Gasteiger charge is -2.09. The van der Waals surface area contributed by atoms with E-state index in [4.69, 9.17) is 9.47 Å². The van der Waals surface area contributed by atoms with Gasteiger partial charge in [0, 0.05) is 17.1 Å². The monoisotopic (exact) mass is 355 g/mol. The number of carbonyl (C=O) groups is 1. The maximum Gasteiger partial charge on any atom is 0.264 e. The minimum Gasteiger partial charge on any atom is -0.493 e. The Balaban J connectivity index is 1.59. The summed E-state index contributed by atoms with van der Waals surface area (Å²) in [5.41, 5.74) is 2.08. The number of anilines is 1.